The molecule has 1 unspecified atom stereocenters. The fourth-order valence-electron chi connectivity index (χ4n) is 3.14. The molecule has 5 heteroatoms. The Balaban J connectivity index is 1.92. The molecule has 1 aliphatic carbocycles. The van der Waals surface area contributed by atoms with E-state index in [9.17, 15) is 14.3 Å². The zero-order chi connectivity index (χ0) is 14.8. The number of aromatic carboxylic acids is 1. The van der Waals surface area contributed by atoms with E-state index in [-0.39, 0.29) is 17.4 Å². The molecule has 0 saturated carbocycles. The van der Waals surface area contributed by atoms with Crippen molar-refractivity contribution in [2.45, 2.75) is 38.0 Å². The highest BCUT2D eigenvalue weighted by atomic mass is 19.1. The van der Waals surface area contributed by atoms with Gasteiger partial charge in [-0.1, -0.05) is 18.6 Å². The fraction of sp³-hybridized carbons (Fsp3) is 0.375. The first-order valence-corrected chi connectivity index (χ1v) is 7.20. The number of hydrogen-bond donors (Lipinski definition) is 2. The first-order valence-electron chi connectivity index (χ1n) is 7.20. The van der Waals surface area contributed by atoms with Crippen molar-refractivity contribution in [1.29, 1.82) is 0 Å². The van der Waals surface area contributed by atoms with Gasteiger partial charge in [0.05, 0.1) is 0 Å². The Morgan fingerprint density at radius 2 is 2.29 bits per heavy atom. The Hall–Kier alpha value is -2.17. The van der Waals surface area contributed by atoms with Crippen molar-refractivity contribution < 1.29 is 14.3 Å². The minimum atomic E-state index is -0.987. The molecule has 2 aromatic rings. The molecule has 0 aliphatic heterocycles. The average molecular weight is 288 g/mol. The standard InChI is InChI=1S/C16H17FN2O2/c17-12-6-3-4-10(9-12)8-11-5-1-2-7-13-14(11)18-19-15(13)16(20)21/h3-4,6,9,11H,1-2,5,7-8H2,(H,18,19)(H,20,21). The maximum Gasteiger partial charge on any atom is 0.356 e. The lowest BCUT2D eigenvalue weighted by Gasteiger charge is -2.14. The van der Waals surface area contributed by atoms with Gasteiger partial charge in [0.15, 0.2) is 5.69 Å². The van der Waals surface area contributed by atoms with E-state index in [4.69, 9.17) is 0 Å². The van der Waals surface area contributed by atoms with Crippen molar-refractivity contribution in [3.05, 3.63) is 52.6 Å². The number of carbonyl (C=O) groups is 1. The number of aromatic amines is 1. The number of nitrogens with zero attached hydrogens (tertiary/aromatic N) is 1. The van der Waals surface area contributed by atoms with Crippen LogP contribution in [0.1, 0.15) is 52.5 Å². The van der Waals surface area contributed by atoms with Gasteiger partial charge in [-0.15, -0.1) is 0 Å². The second-order valence-corrected chi connectivity index (χ2v) is 5.55. The van der Waals surface area contributed by atoms with Crippen LogP contribution in [0, 0.1) is 5.82 Å². The van der Waals surface area contributed by atoms with Crippen LogP contribution in [0.5, 0.6) is 0 Å². The molecule has 1 atom stereocenters. The highest BCUT2D eigenvalue weighted by molar-refractivity contribution is 5.87. The smallest absolute Gasteiger partial charge is 0.356 e. The van der Waals surface area contributed by atoms with Gasteiger partial charge < -0.3 is 5.11 Å². The number of benzene rings is 1. The number of nitrogens with one attached hydrogen (secondary N) is 1. The fourth-order valence-corrected chi connectivity index (χ4v) is 3.14. The Morgan fingerprint density at radius 3 is 3.05 bits per heavy atom. The number of fused-ring (bicyclic) bond motifs is 1. The highest BCUT2D eigenvalue weighted by Crippen LogP contribution is 2.33. The van der Waals surface area contributed by atoms with Crippen molar-refractivity contribution in [1.82, 2.24) is 10.2 Å². The number of H-pyrrole nitrogens is 1. The van der Waals surface area contributed by atoms with Crippen LogP contribution in [0.3, 0.4) is 0 Å². The third-order valence-electron chi connectivity index (χ3n) is 4.11. The van der Waals surface area contributed by atoms with Gasteiger partial charge >= 0.3 is 5.97 Å². The van der Waals surface area contributed by atoms with Crippen LogP contribution >= 0.6 is 0 Å². The number of carboxylic acid groups (broad SMARTS) is 1. The van der Waals surface area contributed by atoms with Gasteiger partial charge in [-0.05, 0) is 43.4 Å². The topological polar surface area (TPSA) is 66.0 Å². The molecule has 1 heterocycles. The van der Waals surface area contributed by atoms with Crippen molar-refractivity contribution in [3.8, 4) is 0 Å². The summed E-state index contributed by atoms with van der Waals surface area (Å²) in [7, 11) is 0. The maximum absolute atomic E-state index is 13.3. The predicted octanol–water partition coefficient (Wildman–Crippen LogP) is 3.30. The molecule has 0 amide bonds. The van der Waals surface area contributed by atoms with Crippen LogP contribution in [-0.2, 0) is 12.8 Å². The molecular weight excluding hydrogens is 271 g/mol. The van der Waals surface area contributed by atoms with Crippen LogP contribution in [0.2, 0.25) is 0 Å². The third-order valence-corrected chi connectivity index (χ3v) is 4.11. The monoisotopic (exact) mass is 288 g/mol. The van der Waals surface area contributed by atoms with Crippen LogP contribution in [0.25, 0.3) is 0 Å². The molecule has 1 aliphatic rings. The summed E-state index contributed by atoms with van der Waals surface area (Å²) in [6.07, 6.45) is 4.41. The van der Waals surface area contributed by atoms with Crippen LogP contribution in [-0.4, -0.2) is 21.3 Å². The summed E-state index contributed by atoms with van der Waals surface area (Å²) in [5.41, 5.74) is 2.80. The Bertz CT molecular complexity index is 666. The van der Waals surface area contributed by atoms with E-state index in [1.807, 2.05) is 6.07 Å². The van der Waals surface area contributed by atoms with E-state index in [0.717, 1.165) is 42.5 Å². The third kappa shape index (κ3) is 2.82. The summed E-state index contributed by atoms with van der Waals surface area (Å²) in [6, 6.07) is 6.58. The summed E-state index contributed by atoms with van der Waals surface area (Å²) in [5, 5.41) is 16.1. The van der Waals surface area contributed by atoms with Crippen molar-refractivity contribution in [2.24, 2.45) is 0 Å². The van der Waals surface area contributed by atoms with Crippen LogP contribution in [0.4, 0.5) is 4.39 Å². The molecule has 1 aromatic carbocycles. The van der Waals surface area contributed by atoms with Gasteiger partial charge in [0.1, 0.15) is 5.82 Å². The van der Waals surface area contributed by atoms with E-state index in [1.165, 1.54) is 6.07 Å². The first kappa shape index (κ1) is 13.8. The second kappa shape index (κ2) is 5.68. The lowest BCUT2D eigenvalue weighted by molar-refractivity contribution is 0.0689. The summed E-state index contributed by atoms with van der Waals surface area (Å²) >= 11 is 0. The van der Waals surface area contributed by atoms with Crippen molar-refractivity contribution in [3.63, 3.8) is 0 Å². The Labute approximate surface area is 122 Å². The van der Waals surface area contributed by atoms with Gasteiger partial charge in [0, 0.05) is 17.2 Å². The van der Waals surface area contributed by atoms with E-state index in [2.05, 4.69) is 10.2 Å². The minimum Gasteiger partial charge on any atom is -0.476 e. The molecule has 4 nitrogen and oxygen atoms in total. The van der Waals surface area contributed by atoms with Crippen molar-refractivity contribution in [2.75, 3.05) is 0 Å². The van der Waals surface area contributed by atoms with Crippen LogP contribution in [0.15, 0.2) is 24.3 Å². The molecule has 0 spiro atoms. The number of hydrogen-bond acceptors (Lipinski definition) is 2. The summed E-state index contributed by atoms with van der Waals surface area (Å²) in [5.74, 6) is -1.05. The van der Waals surface area contributed by atoms with Gasteiger partial charge in [0.2, 0.25) is 0 Å². The molecule has 0 radical (unpaired) electrons. The van der Waals surface area contributed by atoms with Gasteiger partial charge in [-0.2, -0.15) is 5.10 Å². The van der Waals surface area contributed by atoms with Gasteiger partial charge in [-0.3, -0.25) is 5.10 Å². The largest absolute Gasteiger partial charge is 0.476 e. The van der Waals surface area contributed by atoms with E-state index in [0.29, 0.717) is 6.42 Å². The van der Waals surface area contributed by atoms with E-state index >= 15 is 0 Å². The molecule has 3 rings (SSSR count). The first-order chi connectivity index (χ1) is 10.1. The highest BCUT2D eigenvalue weighted by Gasteiger charge is 2.26. The minimum absolute atomic E-state index is 0.135. The second-order valence-electron chi connectivity index (χ2n) is 5.55. The number of aromatic nitrogens is 2. The zero-order valence-corrected chi connectivity index (χ0v) is 11.6. The van der Waals surface area contributed by atoms with Gasteiger partial charge in [-0.25, -0.2) is 9.18 Å². The molecule has 0 fully saturated rings. The number of halogens is 1. The Morgan fingerprint density at radius 1 is 1.43 bits per heavy atom. The zero-order valence-electron chi connectivity index (χ0n) is 11.6. The normalized spacial score (nSPS) is 18.0. The quantitative estimate of drug-likeness (QED) is 0.852. The lowest BCUT2D eigenvalue weighted by Crippen LogP contribution is -2.05. The maximum atomic E-state index is 13.3. The summed E-state index contributed by atoms with van der Waals surface area (Å²) < 4.78 is 13.3. The van der Waals surface area contributed by atoms with E-state index in [1.54, 1.807) is 12.1 Å². The van der Waals surface area contributed by atoms with Crippen molar-refractivity contribution >= 4 is 5.97 Å². The SMILES string of the molecule is O=C(O)c1n[nH]c2c1CCCCC2Cc1cccc(F)c1. The molecule has 0 saturated heterocycles. The molecule has 110 valence electrons. The average Bonchev–Trinajstić information content (AvgIpc) is 2.77. The summed E-state index contributed by atoms with van der Waals surface area (Å²) in [6.45, 7) is 0. The number of carboxylic acids is 1. The van der Waals surface area contributed by atoms with Crippen LogP contribution < -0.4 is 0 Å². The van der Waals surface area contributed by atoms with E-state index < -0.39 is 5.97 Å². The molecule has 0 bridgehead atoms. The molecule has 1 aromatic heterocycles. The molecular formula is C16H17FN2O2. The lowest BCUT2D eigenvalue weighted by atomic mass is 9.91. The molecule has 2 N–H and O–H groups in total. The summed E-state index contributed by atoms with van der Waals surface area (Å²) in [4.78, 5) is 11.2. The molecule has 21 heavy (non-hydrogen) atoms. The number of rotatable bonds is 3. The van der Waals surface area contributed by atoms with Gasteiger partial charge in [0.25, 0.3) is 0 Å². The Kier molecular flexibility index (Phi) is 3.73. The predicted molar refractivity (Wildman–Crippen MR) is 75.9 cm³/mol.